The minimum absolute atomic E-state index is 0.0477. The number of hydrogen-bond donors (Lipinski definition) is 1. The number of benzene rings is 2. The van der Waals surface area contributed by atoms with Gasteiger partial charge in [-0.1, -0.05) is 23.7 Å². The molecule has 0 saturated heterocycles. The number of fused-ring (bicyclic) bond motifs is 1. The molecule has 3 unspecified atom stereocenters. The Morgan fingerprint density at radius 3 is 2.58 bits per heavy atom. The van der Waals surface area contributed by atoms with E-state index in [2.05, 4.69) is 5.32 Å². The van der Waals surface area contributed by atoms with Crippen molar-refractivity contribution in [3.63, 3.8) is 0 Å². The van der Waals surface area contributed by atoms with Crippen LogP contribution >= 0.6 is 11.6 Å². The molecule has 0 bridgehead atoms. The molecule has 0 spiro atoms. The highest BCUT2D eigenvalue weighted by atomic mass is 35.5. The average Bonchev–Trinajstić information content (AvgIpc) is 2.79. The van der Waals surface area contributed by atoms with E-state index in [-0.39, 0.29) is 36.4 Å². The molecular formula is C24H24ClNO5. The number of anilines is 1. The summed E-state index contributed by atoms with van der Waals surface area (Å²) in [6.45, 7) is -0.0477. The number of nitrogens with one attached hydrogen (secondary N) is 1. The summed E-state index contributed by atoms with van der Waals surface area (Å²) >= 11 is 5.94. The Morgan fingerprint density at radius 2 is 1.87 bits per heavy atom. The van der Waals surface area contributed by atoms with Gasteiger partial charge in [-0.2, -0.15) is 0 Å². The zero-order chi connectivity index (χ0) is 21.8. The fourth-order valence-corrected chi connectivity index (χ4v) is 4.14. The van der Waals surface area contributed by atoms with Gasteiger partial charge in [0.05, 0.1) is 31.0 Å². The molecule has 2 aromatic carbocycles. The Bertz CT molecular complexity index is 970. The van der Waals surface area contributed by atoms with Gasteiger partial charge in [0.1, 0.15) is 18.5 Å². The molecule has 1 aliphatic heterocycles. The van der Waals surface area contributed by atoms with Gasteiger partial charge in [-0.3, -0.25) is 9.59 Å². The van der Waals surface area contributed by atoms with Crippen molar-refractivity contribution < 1.29 is 23.8 Å². The lowest BCUT2D eigenvalue weighted by Crippen LogP contribution is -2.42. The van der Waals surface area contributed by atoms with Crippen LogP contribution < -0.4 is 10.1 Å². The SMILES string of the molecule is COc1ccc(NC(=O)COC2CCC3C(=O)C(c4ccc(Cl)cc4)=COC3C2)cc1. The van der Waals surface area contributed by atoms with Crippen LogP contribution in [0.1, 0.15) is 24.8 Å². The lowest BCUT2D eigenvalue weighted by atomic mass is 9.78. The van der Waals surface area contributed by atoms with Crippen molar-refractivity contribution in [3.8, 4) is 5.75 Å². The van der Waals surface area contributed by atoms with Gasteiger partial charge in [0.15, 0.2) is 5.78 Å². The van der Waals surface area contributed by atoms with Crippen molar-refractivity contribution in [2.75, 3.05) is 19.0 Å². The molecule has 4 rings (SSSR count). The quantitative estimate of drug-likeness (QED) is 0.715. The second kappa shape index (κ2) is 9.54. The van der Waals surface area contributed by atoms with E-state index in [4.69, 9.17) is 25.8 Å². The third-order valence-corrected chi connectivity index (χ3v) is 5.94. The van der Waals surface area contributed by atoms with Crippen LogP contribution in [0.5, 0.6) is 5.75 Å². The Hall–Kier alpha value is -2.83. The van der Waals surface area contributed by atoms with Crippen LogP contribution in [-0.2, 0) is 19.1 Å². The molecule has 0 radical (unpaired) electrons. The lowest BCUT2D eigenvalue weighted by molar-refractivity contribution is -0.132. The molecule has 6 nitrogen and oxygen atoms in total. The van der Waals surface area contributed by atoms with E-state index in [1.807, 2.05) is 12.1 Å². The van der Waals surface area contributed by atoms with Crippen LogP contribution in [0.3, 0.4) is 0 Å². The largest absolute Gasteiger partial charge is 0.497 e. The topological polar surface area (TPSA) is 73.9 Å². The van der Waals surface area contributed by atoms with E-state index in [1.165, 1.54) is 0 Å². The van der Waals surface area contributed by atoms with Crippen LogP contribution in [0.15, 0.2) is 54.8 Å². The number of carbonyl (C=O) groups is 2. The molecular weight excluding hydrogens is 418 g/mol. The van der Waals surface area contributed by atoms with E-state index in [0.29, 0.717) is 35.5 Å². The van der Waals surface area contributed by atoms with Crippen molar-refractivity contribution in [1.29, 1.82) is 0 Å². The summed E-state index contributed by atoms with van der Waals surface area (Å²) in [7, 11) is 1.59. The number of carbonyl (C=O) groups excluding carboxylic acids is 2. The Morgan fingerprint density at radius 1 is 1.13 bits per heavy atom. The predicted molar refractivity (Wildman–Crippen MR) is 118 cm³/mol. The molecule has 162 valence electrons. The zero-order valence-corrected chi connectivity index (χ0v) is 17.9. The normalized spacial score (nSPS) is 22.7. The maximum atomic E-state index is 13.0. The van der Waals surface area contributed by atoms with Crippen molar-refractivity contribution in [3.05, 3.63) is 65.4 Å². The van der Waals surface area contributed by atoms with E-state index >= 15 is 0 Å². The molecule has 31 heavy (non-hydrogen) atoms. The number of methoxy groups -OCH3 is 1. The van der Waals surface area contributed by atoms with Crippen LogP contribution in [0.2, 0.25) is 5.02 Å². The summed E-state index contributed by atoms with van der Waals surface area (Å²) < 4.78 is 16.8. The van der Waals surface area contributed by atoms with Crippen LogP contribution in [0, 0.1) is 5.92 Å². The molecule has 1 fully saturated rings. The maximum absolute atomic E-state index is 13.0. The van der Waals surface area contributed by atoms with Gasteiger partial charge in [0.25, 0.3) is 0 Å². The number of ketones is 1. The minimum atomic E-state index is -0.230. The zero-order valence-electron chi connectivity index (χ0n) is 17.2. The first-order valence-corrected chi connectivity index (χ1v) is 10.6. The van der Waals surface area contributed by atoms with Crippen LogP contribution in [0.25, 0.3) is 5.57 Å². The van der Waals surface area contributed by atoms with Crippen molar-refractivity contribution >= 4 is 34.6 Å². The predicted octanol–water partition coefficient (Wildman–Crippen LogP) is 4.48. The van der Waals surface area contributed by atoms with Gasteiger partial charge < -0.3 is 19.5 Å². The Kier molecular flexibility index (Phi) is 6.59. The van der Waals surface area contributed by atoms with Crippen molar-refractivity contribution in [2.24, 2.45) is 5.92 Å². The van der Waals surface area contributed by atoms with E-state index < -0.39 is 0 Å². The molecule has 3 atom stereocenters. The number of ether oxygens (including phenoxy) is 3. The molecule has 1 N–H and O–H groups in total. The first-order valence-electron chi connectivity index (χ1n) is 10.2. The molecule has 1 amide bonds. The van der Waals surface area contributed by atoms with Gasteiger partial charge in [-0.15, -0.1) is 0 Å². The monoisotopic (exact) mass is 441 g/mol. The first kappa shape index (κ1) is 21.4. The van der Waals surface area contributed by atoms with E-state index in [9.17, 15) is 9.59 Å². The van der Waals surface area contributed by atoms with Gasteiger partial charge in [0.2, 0.25) is 5.91 Å². The van der Waals surface area contributed by atoms with Gasteiger partial charge in [-0.05, 0) is 54.8 Å². The van der Waals surface area contributed by atoms with E-state index in [0.717, 1.165) is 11.3 Å². The van der Waals surface area contributed by atoms with Gasteiger partial charge >= 0.3 is 0 Å². The maximum Gasteiger partial charge on any atom is 0.250 e. The van der Waals surface area contributed by atoms with Gasteiger partial charge in [0, 0.05) is 17.1 Å². The summed E-state index contributed by atoms with van der Waals surface area (Å²) in [5, 5.41) is 3.43. The lowest BCUT2D eigenvalue weighted by Gasteiger charge is -2.37. The van der Waals surface area contributed by atoms with Crippen molar-refractivity contribution in [1.82, 2.24) is 0 Å². The fourth-order valence-electron chi connectivity index (χ4n) is 4.01. The Balaban J connectivity index is 1.29. The standard InChI is InChI=1S/C24H24ClNO5/c1-29-18-8-6-17(7-9-18)26-23(27)14-30-19-10-11-20-22(12-19)31-13-21(24(20)28)15-2-4-16(25)5-3-15/h2-9,13,19-20,22H,10-12,14H2,1H3,(H,26,27). The molecule has 1 saturated carbocycles. The minimum Gasteiger partial charge on any atom is -0.497 e. The molecule has 0 aromatic heterocycles. The number of amides is 1. The summed E-state index contributed by atoms with van der Waals surface area (Å²) in [5.74, 6) is 0.400. The summed E-state index contributed by atoms with van der Waals surface area (Å²) in [6, 6.07) is 14.3. The highest BCUT2D eigenvalue weighted by Crippen LogP contribution is 2.37. The molecule has 1 aliphatic carbocycles. The van der Waals surface area contributed by atoms with Gasteiger partial charge in [-0.25, -0.2) is 0 Å². The van der Waals surface area contributed by atoms with Crippen LogP contribution in [0.4, 0.5) is 5.69 Å². The first-order chi connectivity index (χ1) is 15.0. The Labute approximate surface area is 186 Å². The van der Waals surface area contributed by atoms with Crippen molar-refractivity contribution in [2.45, 2.75) is 31.5 Å². The number of allylic oxidation sites excluding steroid dienone is 1. The second-order valence-corrected chi connectivity index (χ2v) is 8.14. The third-order valence-electron chi connectivity index (χ3n) is 5.69. The molecule has 2 aliphatic rings. The third kappa shape index (κ3) is 5.09. The highest BCUT2D eigenvalue weighted by molar-refractivity contribution is 6.30. The smallest absolute Gasteiger partial charge is 0.250 e. The van der Waals surface area contributed by atoms with E-state index in [1.54, 1.807) is 49.8 Å². The number of hydrogen-bond acceptors (Lipinski definition) is 5. The molecule has 2 aromatic rings. The number of rotatable bonds is 6. The summed E-state index contributed by atoms with van der Waals surface area (Å²) in [6.07, 6.45) is 3.15. The summed E-state index contributed by atoms with van der Waals surface area (Å²) in [5.41, 5.74) is 2.07. The summed E-state index contributed by atoms with van der Waals surface area (Å²) in [4.78, 5) is 25.2. The number of halogens is 1. The second-order valence-electron chi connectivity index (χ2n) is 7.71. The highest BCUT2D eigenvalue weighted by Gasteiger charge is 2.40. The molecule has 7 heteroatoms. The average molecular weight is 442 g/mol. The van der Waals surface area contributed by atoms with Crippen LogP contribution in [-0.4, -0.2) is 37.6 Å². The number of Topliss-reactive ketones (excluding diaryl/α,β-unsaturated/α-hetero) is 1. The molecule has 1 heterocycles. The fraction of sp³-hybridized carbons (Fsp3) is 0.333.